The minimum absolute atomic E-state index is 0.0753. The van der Waals surface area contributed by atoms with Gasteiger partial charge < -0.3 is 24.4 Å². The first-order chi connectivity index (χ1) is 12.3. The molecule has 2 rings (SSSR count). The van der Waals surface area contributed by atoms with Gasteiger partial charge >= 0.3 is 0 Å². The van der Waals surface area contributed by atoms with Crippen LogP contribution in [0, 0.1) is 11.6 Å². The van der Waals surface area contributed by atoms with Crippen LogP contribution >= 0.6 is 0 Å². The minimum atomic E-state index is -1.28. The number of carbonyl (C=O) groups is 2. The van der Waals surface area contributed by atoms with Crippen LogP contribution in [0.25, 0.3) is 0 Å². The van der Waals surface area contributed by atoms with E-state index >= 15 is 0 Å². The maximum Gasteiger partial charge on any atom is 0.258 e. The van der Waals surface area contributed by atoms with E-state index in [0.29, 0.717) is 13.0 Å². The van der Waals surface area contributed by atoms with Crippen LogP contribution in [-0.2, 0) is 14.3 Å². The second-order valence-electron chi connectivity index (χ2n) is 6.02. The third kappa shape index (κ3) is 4.67. The summed E-state index contributed by atoms with van der Waals surface area (Å²) in [5.74, 6) is -3.56. The predicted octanol–water partition coefficient (Wildman–Crippen LogP) is 0.966. The Bertz CT molecular complexity index is 669. The number of carbonyl (C=O) groups excluding carboxylic acids is 2. The molecule has 1 fully saturated rings. The Balaban J connectivity index is 2.11. The summed E-state index contributed by atoms with van der Waals surface area (Å²) >= 11 is 0. The fourth-order valence-electron chi connectivity index (χ4n) is 2.50. The van der Waals surface area contributed by atoms with Crippen molar-refractivity contribution in [2.75, 3.05) is 41.0 Å². The first kappa shape index (κ1) is 20.1. The second-order valence-corrected chi connectivity index (χ2v) is 6.02. The van der Waals surface area contributed by atoms with E-state index in [0.717, 1.165) is 6.07 Å². The molecule has 0 aromatic heterocycles. The van der Waals surface area contributed by atoms with Crippen molar-refractivity contribution in [1.29, 1.82) is 0 Å². The Morgan fingerprint density at radius 3 is 2.73 bits per heavy atom. The maximum atomic E-state index is 14.1. The molecule has 1 aromatic rings. The Kier molecular flexibility index (Phi) is 6.87. The molecule has 0 saturated carbocycles. The number of nitrogens with one attached hydrogen (secondary N) is 1. The average Bonchev–Trinajstić information content (AvgIpc) is 2.62. The van der Waals surface area contributed by atoms with E-state index in [1.807, 2.05) is 0 Å². The molecule has 1 aliphatic heterocycles. The van der Waals surface area contributed by atoms with Gasteiger partial charge in [-0.1, -0.05) is 0 Å². The molecule has 1 aliphatic rings. The van der Waals surface area contributed by atoms with E-state index in [-0.39, 0.29) is 24.9 Å². The van der Waals surface area contributed by atoms with Gasteiger partial charge in [-0.05, 0) is 18.6 Å². The van der Waals surface area contributed by atoms with Gasteiger partial charge in [-0.25, -0.2) is 8.78 Å². The van der Waals surface area contributed by atoms with Crippen LogP contribution in [-0.4, -0.2) is 69.9 Å². The van der Waals surface area contributed by atoms with E-state index in [1.54, 1.807) is 14.1 Å². The minimum Gasteiger partial charge on any atom is -0.496 e. The smallest absolute Gasteiger partial charge is 0.258 e. The number of nitrogens with zero attached hydrogens (tertiary/aromatic N) is 1. The van der Waals surface area contributed by atoms with Crippen LogP contribution < -0.4 is 10.1 Å². The lowest BCUT2D eigenvalue weighted by Crippen LogP contribution is -2.51. The van der Waals surface area contributed by atoms with E-state index in [4.69, 9.17) is 14.2 Å². The summed E-state index contributed by atoms with van der Waals surface area (Å²) in [4.78, 5) is 25.5. The third-order valence-electron chi connectivity index (χ3n) is 4.04. The second kappa shape index (κ2) is 8.91. The lowest BCUT2D eigenvalue weighted by molar-refractivity contribution is -0.140. The van der Waals surface area contributed by atoms with Gasteiger partial charge in [0.1, 0.15) is 24.0 Å². The van der Waals surface area contributed by atoms with Crippen molar-refractivity contribution in [2.45, 2.75) is 18.6 Å². The molecule has 1 saturated heterocycles. The van der Waals surface area contributed by atoms with Crippen LogP contribution in [0.2, 0.25) is 0 Å². The van der Waals surface area contributed by atoms with E-state index in [1.165, 1.54) is 18.1 Å². The van der Waals surface area contributed by atoms with Gasteiger partial charge in [0.05, 0.1) is 19.8 Å². The highest BCUT2D eigenvalue weighted by molar-refractivity contribution is 5.97. The van der Waals surface area contributed by atoms with Gasteiger partial charge in [0, 0.05) is 20.7 Å². The SMILES string of the molecule is COc1ccc(F)c(F)c1C(=O)N[C@@H]1CCOC[C@H]1OCC(=O)N(C)C. The molecule has 26 heavy (non-hydrogen) atoms. The van der Waals surface area contributed by atoms with E-state index < -0.39 is 35.3 Å². The highest BCUT2D eigenvalue weighted by atomic mass is 19.2. The third-order valence-corrected chi connectivity index (χ3v) is 4.04. The van der Waals surface area contributed by atoms with E-state index in [2.05, 4.69) is 5.32 Å². The molecule has 1 heterocycles. The van der Waals surface area contributed by atoms with Crippen LogP contribution in [0.3, 0.4) is 0 Å². The fourth-order valence-corrected chi connectivity index (χ4v) is 2.50. The van der Waals surface area contributed by atoms with Crippen molar-refractivity contribution in [1.82, 2.24) is 10.2 Å². The summed E-state index contributed by atoms with van der Waals surface area (Å²) in [5, 5.41) is 2.63. The molecule has 0 radical (unpaired) electrons. The summed E-state index contributed by atoms with van der Waals surface area (Å²) in [6, 6.07) is 1.55. The molecule has 144 valence electrons. The molecule has 7 nitrogen and oxygen atoms in total. The van der Waals surface area contributed by atoms with Crippen LogP contribution in [0.1, 0.15) is 16.8 Å². The molecule has 2 amide bonds. The number of benzene rings is 1. The van der Waals surface area contributed by atoms with Crippen molar-refractivity contribution in [3.8, 4) is 5.75 Å². The first-order valence-electron chi connectivity index (χ1n) is 8.07. The van der Waals surface area contributed by atoms with Crippen molar-refractivity contribution in [3.63, 3.8) is 0 Å². The topological polar surface area (TPSA) is 77.1 Å². The zero-order valence-corrected chi connectivity index (χ0v) is 14.9. The average molecular weight is 372 g/mol. The molecule has 0 unspecified atom stereocenters. The number of rotatable bonds is 6. The normalized spacial score (nSPS) is 19.7. The molecule has 0 spiro atoms. The summed E-state index contributed by atoms with van der Waals surface area (Å²) in [5.41, 5.74) is -0.512. The summed E-state index contributed by atoms with van der Waals surface area (Å²) in [6.07, 6.45) is -0.176. The molecule has 2 atom stereocenters. The Hall–Kier alpha value is -2.26. The van der Waals surface area contributed by atoms with Gasteiger partial charge in [-0.2, -0.15) is 0 Å². The van der Waals surface area contributed by atoms with Gasteiger partial charge in [-0.3, -0.25) is 9.59 Å². The standard InChI is InChI=1S/C17H22F2N2O5/c1-21(2)14(22)9-26-13-8-25-7-6-11(13)20-17(23)15-12(24-3)5-4-10(18)16(15)19/h4-5,11,13H,6-9H2,1-3H3,(H,20,23)/t11-,13-/m1/s1. The largest absolute Gasteiger partial charge is 0.496 e. The number of halogens is 2. The first-order valence-corrected chi connectivity index (χ1v) is 8.07. The zero-order valence-electron chi connectivity index (χ0n) is 14.9. The zero-order chi connectivity index (χ0) is 19.3. The molecule has 1 aromatic carbocycles. The van der Waals surface area contributed by atoms with Crippen LogP contribution in [0.4, 0.5) is 8.78 Å². The monoisotopic (exact) mass is 372 g/mol. The van der Waals surface area contributed by atoms with E-state index in [9.17, 15) is 18.4 Å². The van der Waals surface area contributed by atoms with Crippen LogP contribution in [0.5, 0.6) is 5.75 Å². The molecule has 0 bridgehead atoms. The van der Waals surface area contributed by atoms with Gasteiger partial charge in [-0.15, -0.1) is 0 Å². The number of methoxy groups -OCH3 is 1. The quantitative estimate of drug-likeness (QED) is 0.805. The molecule has 1 N–H and O–H groups in total. The summed E-state index contributed by atoms with van der Waals surface area (Å²) in [6.45, 7) is 0.370. The van der Waals surface area contributed by atoms with Crippen LogP contribution in [0.15, 0.2) is 12.1 Å². The number of ether oxygens (including phenoxy) is 3. The highest BCUT2D eigenvalue weighted by Crippen LogP contribution is 2.24. The van der Waals surface area contributed by atoms with Gasteiger partial charge in [0.2, 0.25) is 5.91 Å². The van der Waals surface area contributed by atoms with Crippen molar-refractivity contribution >= 4 is 11.8 Å². The Labute approximate surface area is 150 Å². The Morgan fingerprint density at radius 1 is 1.35 bits per heavy atom. The van der Waals surface area contributed by atoms with Crippen molar-refractivity contribution in [2.24, 2.45) is 0 Å². The maximum absolute atomic E-state index is 14.1. The molecule has 9 heteroatoms. The number of hydrogen-bond acceptors (Lipinski definition) is 5. The van der Waals surface area contributed by atoms with Crippen molar-refractivity contribution < 1.29 is 32.6 Å². The fraction of sp³-hybridized carbons (Fsp3) is 0.529. The molecular weight excluding hydrogens is 350 g/mol. The van der Waals surface area contributed by atoms with Gasteiger partial charge in [0.15, 0.2) is 11.6 Å². The lowest BCUT2D eigenvalue weighted by Gasteiger charge is -2.32. The lowest BCUT2D eigenvalue weighted by atomic mass is 10.0. The van der Waals surface area contributed by atoms with Crippen molar-refractivity contribution in [3.05, 3.63) is 29.3 Å². The highest BCUT2D eigenvalue weighted by Gasteiger charge is 2.31. The number of likely N-dealkylation sites (N-methyl/N-ethyl adjacent to an activating group) is 1. The summed E-state index contributed by atoms with van der Waals surface area (Å²) in [7, 11) is 4.46. The molecule has 0 aliphatic carbocycles. The number of amides is 2. The Morgan fingerprint density at radius 2 is 2.08 bits per heavy atom. The van der Waals surface area contributed by atoms with Gasteiger partial charge in [0.25, 0.3) is 5.91 Å². The number of hydrogen-bond donors (Lipinski definition) is 1. The summed E-state index contributed by atoms with van der Waals surface area (Å²) < 4.78 is 43.4. The predicted molar refractivity (Wildman–Crippen MR) is 88.0 cm³/mol. The molecular formula is C17H22F2N2O5.